The van der Waals surface area contributed by atoms with Crippen molar-refractivity contribution in [1.29, 1.82) is 0 Å². The molecular weight excluding hydrogens is 496 g/mol. The first-order chi connectivity index (χ1) is 16.4. The molecule has 2 heterocycles. The number of hydrogen-bond donors (Lipinski definition) is 3. The second-order valence-electron chi connectivity index (χ2n) is 7.28. The Labute approximate surface area is 210 Å². The number of nitrogens with zero attached hydrogens (tertiary/aromatic N) is 1. The van der Waals surface area contributed by atoms with Crippen LogP contribution in [0.2, 0.25) is 5.02 Å². The van der Waals surface area contributed by atoms with Crippen LogP contribution in [0.3, 0.4) is 0 Å². The molecular formula is C24H19ClN2O5S2. The lowest BCUT2D eigenvalue weighted by atomic mass is 10.1. The van der Waals surface area contributed by atoms with Gasteiger partial charge in [-0.15, -0.1) is 0 Å². The molecule has 1 fully saturated rings. The zero-order chi connectivity index (χ0) is 24.2. The van der Waals surface area contributed by atoms with Gasteiger partial charge in [0.15, 0.2) is 4.32 Å². The van der Waals surface area contributed by atoms with Crippen LogP contribution in [0.1, 0.15) is 16.1 Å². The SMILES string of the molecule is O=C(NC(CO)CO)c1cccc(N2C(=O)C(=Cc3ccc(-c4ccccc4Cl)o3)SC2=S)c1. The Morgan fingerprint density at radius 1 is 1.15 bits per heavy atom. The molecule has 0 radical (unpaired) electrons. The first kappa shape index (κ1) is 24.2. The van der Waals surface area contributed by atoms with E-state index in [4.69, 9.17) is 28.2 Å². The first-order valence-corrected chi connectivity index (χ1v) is 11.8. The molecule has 3 N–H and O–H groups in total. The molecule has 34 heavy (non-hydrogen) atoms. The molecule has 0 atom stereocenters. The molecule has 4 rings (SSSR count). The summed E-state index contributed by atoms with van der Waals surface area (Å²) in [5.41, 5.74) is 1.44. The van der Waals surface area contributed by atoms with Gasteiger partial charge in [-0.1, -0.05) is 53.8 Å². The van der Waals surface area contributed by atoms with Crippen LogP contribution in [-0.2, 0) is 4.79 Å². The van der Waals surface area contributed by atoms with Gasteiger partial charge in [0.2, 0.25) is 0 Å². The standard InChI is InChI=1S/C24H19ClN2O5S2/c25-19-7-2-1-6-18(19)20-9-8-17(32-20)11-21-23(31)27(24(33)34-21)16-5-3-4-14(10-16)22(30)26-15(12-28)13-29/h1-11,15,28-29H,12-13H2,(H,26,30). The van der Waals surface area contributed by atoms with Crippen LogP contribution < -0.4 is 10.2 Å². The molecule has 10 heteroatoms. The molecule has 1 aliphatic rings. The summed E-state index contributed by atoms with van der Waals surface area (Å²) in [4.78, 5) is 27.3. The van der Waals surface area contributed by atoms with Crippen molar-refractivity contribution in [2.24, 2.45) is 0 Å². The number of hydrogen-bond acceptors (Lipinski definition) is 7. The highest BCUT2D eigenvalue weighted by atomic mass is 35.5. The fourth-order valence-corrected chi connectivity index (χ4v) is 4.77. The molecule has 0 unspecified atom stereocenters. The number of aliphatic hydroxyl groups excluding tert-OH is 2. The number of carbonyl (C=O) groups excluding carboxylic acids is 2. The number of furan rings is 1. The van der Waals surface area contributed by atoms with E-state index in [1.54, 1.807) is 42.5 Å². The van der Waals surface area contributed by atoms with E-state index < -0.39 is 25.2 Å². The second-order valence-corrected chi connectivity index (χ2v) is 9.37. The van der Waals surface area contributed by atoms with Crippen LogP contribution in [0.4, 0.5) is 5.69 Å². The summed E-state index contributed by atoms with van der Waals surface area (Å²) in [5, 5.41) is 21.4. The monoisotopic (exact) mass is 514 g/mol. The molecule has 0 bridgehead atoms. The van der Waals surface area contributed by atoms with E-state index in [1.165, 1.54) is 11.0 Å². The molecule has 1 aliphatic heterocycles. The van der Waals surface area contributed by atoms with Crippen LogP contribution in [0.5, 0.6) is 0 Å². The number of amides is 2. The van der Waals surface area contributed by atoms with Gasteiger partial charge >= 0.3 is 0 Å². The molecule has 0 spiro atoms. The summed E-state index contributed by atoms with van der Waals surface area (Å²) in [6.45, 7) is -0.793. The van der Waals surface area contributed by atoms with E-state index in [1.807, 2.05) is 18.2 Å². The normalized spacial score (nSPS) is 14.9. The predicted octanol–water partition coefficient (Wildman–Crippen LogP) is 4.09. The van der Waals surface area contributed by atoms with Gasteiger partial charge in [0.25, 0.3) is 11.8 Å². The maximum absolute atomic E-state index is 13.1. The number of rotatable bonds is 7. The van der Waals surface area contributed by atoms with Gasteiger partial charge in [-0.05, 0) is 42.5 Å². The highest BCUT2D eigenvalue weighted by Gasteiger charge is 2.34. The van der Waals surface area contributed by atoms with Crippen molar-refractivity contribution in [1.82, 2.24) is 5.32 Å². The Balaban J connectivity index is 1.55. The molecule has 2 amide bonds. The minimum Gasteiger partial charge on any atom is -0.457 e. The third kappa shape index (κ3) is 5.08. The number of nitrogens with one attached hydrogen (secondary N) is 1. The van der Waals surface area contributed by atoms with Gasteiger partial charge in [0.05, 0.1) is 34.9 Å². The Hall–Kier alpha value is -2.95. The van der Waals surface area contributed by atoms with Crippen molar-refractivity contribution >= 4 is 63.5 Å². The molecule has 3 aromatic rings. The number of anilines is 1. The summed E-state index contributed by atoms with van der Waals surface area (Å²) < 4.78 is 6.18. The fraction of sp³-hybridized carbons (Fsp3) is 0.125. The van der Waals surface area contributed by atoms with E-state index in [0.29, 0.717) is 31.5 Å². The second kappa shape index (κ2) is 10.5. The van der Waals surface area contributed by atoms with Gasteiger partial charge < -0.3 is 19.9 Å². The van der Waals surface area contributed by atoms with Crippen molar-refractivity contribution in [2.45, 2.75) is 6.04 Å². The number of carbonyl (C=O) groups is 2. The fourth-order valence-electron chi connectivity index (χ4n) is 3.26. The largest absolute Gasteiger partial charge is 0.457 e. The average Bonchev–Trinajstić information content (AvgIpc) is 3.41. The molecule has 0 aliphatic carbocycles. The maximum atomic E-state index is 13.1. The number of aliphatic hydroxyl groups is 2. The minimum absolute atomic E-state index is 0.262. The van der Waals surface area contributed by atoms with Gasteiger partial charge in [0, 0.05) is 17.2 Å². The number of halogens is 1. The molecule has 7 nitrogen and oxygen atoms in total. The van der Waals surface area contributed by atoms with E-state index in [-0.39, 0.29) is 11.5 Å². The van der Waals surface area contributed by atoms with E-state index in [2.05, 4.69) is 5.32 Å². The first-order valence-electron chi connectivity index (χ1n) is 10.2. The van der Waals surface area contributed by atoms with Crippen LogP contribution in [0.15, 0.2) is 70.0 Å². The van der Waals surface area contributed by atoms with E-state index in [0.717, 1.165) is 17.3 Å². The van der Waals surface area contributed by atoms with Gasteiger partial charge in [-0.25, -0.2) is 0 Å². The lowest BCUT2D eigenvalue weighted by Crippen LogP contribution is -2.40. The quantitative estimate of drug-likeness (QED) is 0.322. The van der Waals surface area contributed by atoms with Crippen LogP contribution in [0, 0.1) is 0 Å². The molecule has 174 valence electrons. The third-order valence-electron chi connectivity index (χ3n) is 4.98. The lowest BCUT2D eigenvalue weighted by molar-refractivity contribution is -0.113. The molecule has 2 aromatic carbocycles. The number of thiocarbonyl (C=S) groups is 1. The Kier molecular flexibility index (Phi) is 7.50. The van der Waals surface area contributed by atoms with Crippen LogP contribution >= 0.6 is 35.6 Å². The van der Waals surface area contributed by atoms with Crippen molar-refractivity contribution in [3.63, 3.8) is 0 Å². The molecule has 0 saturated carbocycles. The summed E-state index contributed by atoms with van der Waals surface area (Å²) in [5.74, 6) is 0.225. The van der Waals surface area contributed by atoms with Crippen LogP contribution in [0.25, 0.3) is 17.4 Å². The van der Waals surface area contributed by atoms with E-state index >= 15 is 0 Å². The van der Waals surface area contributed by atoms with Crippen molar-refractivity contribution in [3.8, 4) is 11.3 Å². The highest BCUT2D eigenvalue weighted by Crippen LogP contribution is 2.37. The lowest BCUT2D eigenvalue weighted by Gasteiger charge is -2.17. The highest BCUT2D eigenvalue weighted by molar-refractivity contribution is 8.27. The molecule has 1 saturated heterocycles. The van der Waals surface area contributed by atoms with Crippen molar-refractivity contribution in [2.75, 3.05) is 18.1 Å². The summed E-state index contributed by atoms with van der Waals surface area (Å²) >= 11 is 12.8. The smallest absolute Gasteiger partial charge is 0.270 e. The van der Waals surface area contributed by atoms with Gasteiger partial charge in [0.1, 0.15) is 11.5 Å². The van der Waals surface area contributed by atoms with Crippen molar-refractivity contribution in [3.05, 3.63) is 81.9 Å². The number of thioether (sulfide) groups is 1. The topological polar surface area (TPSA) is 103 Å². The van der Waals surface area contributed by atoms with Gasteiger partial charge in [-0.3, -0.25) is 14.5 Å². The zero-order valence-corrected chi connectivity index (χ0v) is 20.0. The summed E-state index contributed by atoms with van der Waals surface area (Å²) in [7, 11) is 0. The van der Waals surface area contributed by atoms with Crippen LogP contribution in [-0.4, -0.2) is 45.6 Å². The predicted molar refractivity (Wildman–Crippen MR) is 137 cm³/mol. The minimum atomic E-state index is -0.778. The maximum Gasteiger partial charge on any atom is 0.270 e. The Morgan fingerprint density at radius 3 is 2.65 bits per heavy atom. The van der Waals surface area contributed by atoms with Gasteiger partial charge in [-0.2, -0.15) is 0 Å². The number of benzene rings is 2. The Morgan fingerprint density at radius 2 is 1.91 bits per heavy atom. The average molecular weight is 515 g/mol. The van der Waals surface area contributed by atoms with Crippen molar-refractivity contribution < 1.29 is 24.2 Å². The van der Waals surface area contributed by atoms with E-state index in [9.17, 15) is 19.8 Å². The zero-order valence-electron chi connectivity index (χ0n) is 17.6. The molecule has 1 aromatic heterocycles. The third-order valence-corrected chi connectivity index (χ3v) is 6.61. The summed E-state index contributed by atoms with van der Waals surface area (Å²) in [6, 6.07) is 16.4. The summed E-state index contributed by atoms with van der Waals surface area (Å²) in [6.07, 6.45) is 1.61. The Bertz CT molecular complexity index is 1290.